The van der Waals surface area contributed by atoms with E-state index in [2.05, 4.69) is 14.3 Å². The number of amides is 1. The largest absolute Gasteiger partial charge is 0.338 e. The zero-order chi connectivity index (χ0) is 15.5. The molecule has 1 unspecified atom stereocenters. The summed E-state index contributed by atoms with van der Waals surface area (Å²) in [5, 5.41) is 8.88. The third kappa shape index (κ3) is 4.43. The van der Waals surface area contributed by atoms with Crippen LogP contribution in [0.3, 0.4) is 0 Å². The molecule has 0 radical (unpaired) electrons. The van der Waals surface area contributed by atoms with Crippen LogP contribution in [0.5, 0.6) is 0 Å². The Morgan fingerprint density at radius 2 is 2.33 bits per heavy atom. The number of piperidine rings is 1. The first kappa shape index (κ1) is 16.3. The molecule has 1 atom stereocenters. The molecule has 1 aliphatic heterocycles. The van der Waals surface area contributed by atoms with Gasteiger partial charge in [-0.3, -0.25) is 4.79 Å². The number of aryl methyl sites for hydroxylation is 1. The first-order valence-electron chi connectivity index (χ1n) is 6.78. The van der Waals surface area contributed by atoms with Crippen molar-refractivity contribution in [3.05, 3.63) is 10.6 Å². The average Bonchev–Trinajstić information content (AvgIpc) is 2.92. The van der Waals surface area contributed by atoms with Crippen LogP contribution in [-0.2, 0) is 16.6 Å². The molecule has 2 heterocycles. The van der Waals surface area contributed by atoms with Crippen molar-refractivity contribution in [1.82, 2.24) is 19.2 Å². The molecule has 0 aromatic carbocycles. The van der Waals surface area contributed by atoms with Crippen LogP contribution in [0, 0.1) is 5.92 Å². The van der Waals surface area contributed by atoms with Crippen LogP contribution >= 0.6 is 11.5 Å². The highest BCUT2D eigenvalue weighted by Crippen LogP contribution is 2.21. The van der Waals surface area contributed by atoms with Crippen molar-refractivity contribution in [2.75, 3.05) is 19.6 Å². The van der Waals surface area contributed by atoms with E-state index in [1.54, 1.807) is 4.90 Å². The van der Waals surface area contributed by atoms with Crippen LogP contribution in [0.4, 0.5) is 0 Å². The maximum atomic E-state index is 12.5. The summed E-state index contributed by atoms with van der Waals surface area (Å²) < 4.78 is 28.0. The number of hydrogen-bond acceptors (Lipinski definition) is 6. The van der Waals surface area contributed by atoms with Crippen molar-refractivity contribution in [3.8, 4) is 0 Å². The minimum Gasteiger partial charge on any atom is -0.338 e. The number of likely N-dealkylation sites (tertiary alicyclic amines) is 1. The predicted molar refractivity (Wildman–Crippen MR) is 79.0 cm³/mol. The van der Waals surface area contributed by atoms with Gasteiger partial charge in [-0.05, 0) is 36.7 Å². The van der Waals surface area contributed by atoms with Crippen LogP contribution in [0.2, 0.25) is 0 Å². The molecule has 1 saturated heterocycles. The van der Waals surface area contributed by atoms with Crippen molar-refractivity contribution in [1.29, 1.82) is 0 Å². The maximum Gasteiger partial charge on any atom is 0.274 e. The molecule has 10 heteroatoms. The van der Waals surface area contributed by atoms with Gasteiger partial charge >= 0.3 is 0 Å². The number of nitrogens with zero attached hydrogens (tertiary/aromatic N) is 3. The lowest BCUT2D eigenvalue weighted by Gasteiger charge is -2.32. The van der Waals surface area contributed by atoms with Crippen molar-refractivity contribution >= 4 is 27.6 Å². The van der Waals surface area contributed by atoms with Gasteiger partial charge in [0.1, 0.15) is 4.88 Å². The molecule has 0 aliphatic carbocycles. The molecule has 0 bridgehead atoms. The van der Waals surface area contributed by atoms with Gasteiger partial charge in [0.05, 0.1) is 5.69 Å². The molecule has 1 aromatic heterocycles. The first-order valence-corrected chi connectivity index (χ1v) is 9.10. The summed E-state index contributed by atoms with van der Waals surface area (Å²) in [6.07, 6.45) is 2.38. The highest BCUT2D eigenvalue weighted by atomic mass is 32.2. The standard InChI is InChI=1S/C11H19N5O3S2/c1-2-9-10(20-15-14-9)11(17)16-5-3-4-8(7-16)6-13-21(12,18)19/h8,13H,2-7H2,1H3,(H2,12,18,19). The Kier molecular flexibility index (Phi) is 5.25. The minimum absolute atomic E-state index is 0.0674. The van der Waals surface area contributed by atoms with E-state index in [0.717, 1.165) is 30.1 Å². The van der Waals surface area contributed by atoms with E-state index >= 15 is 0 Å². The fourth-order valence-electron chi connectivity index (χ4n) is 2.40. The van der Waals surface area contributed by atoms with E-state index in [1.807, 2.05) is 6.92 Å². The van der Waals surface area contributed by atoms with E-state index in [9.17, 15) is 13.2 Å². The Morgan fingerprint density at radius 1 is 1.57 bits per heavy atom. The maximum absolute atomic E-state index is 12.5. The van der Waals surface area contributed by atoms with Crippen LogP contribution in [-0.4, -0.2) is 48.4 Å². The van der Waals surface area contributed by atoms with Gasteiger partial charge in [0, 0.05) is 19.6 Å². The van der Waals surface area contributed by atoms with Gasteiger partial charge < -0.3 is 4.90 Å². The van der Waals surface area contributed by atoms with E-state index in [0.29, 0.717) is 24.4 Å². The van der Waals surface area contributed by atoms with Gasteiger partial charge in [0.15, 0.2) is 0 Å². The highest BCUT2D eigenvalue weighted by Gasteiger charge is 2.27. The average molecular weight is 333 g/mol. The second-order valence-corrected chi connectivity index (χ2v) is 7.19. The molecule has 0 spiro atoms. The van der Waals surface area contributed by atoms with Crippen molar-refractivity contribution in [3.63, 3.8) is 0 Å². The third-order valence-electron chi connectivity index (χ3n) is 3.46. The summed E-state index contributed by atoms with van der Waals surface area (Å²) in [5.41, 5.74) is 0.717. The molecule has 8 nitrogen and oxygen atoms in total. The van der Waals surface area contributed by atoms with Crippen molar-refractivity contribution in [2.24, 2.45) is 11.1 Å². The lowest BCUT2D eigenvalue weighted by atomic mass is 9.98. The zero-order valence-corrected chi connectivity index (χ0v) is 13.4. The Morgan fingerprint density at radius 3 is 3.00 bits per heavy atom. The minimum atomic E-state index is -3.69. The smallest absolute Gasteiger partial charge is 0.274 e. The van der Waals surface area contributed by atoms with Crippen molar-refractivity contribution in [2.45, 2.75) is 26.2 Å². The molecule has 0 saturated carbocycles. The molecule has 1 aliphatic rings. The number of hydrogen-bond donors (Lipinski definition) is 2. The fraction of sp³-hybridized carbons (Fsp3) is 0.727. The van der Waals surface area contributed by atoms with Gasteiger partial charge in [0.25, 0.3) is 16.1 Å². The molecule has 1 amide bonds. The van der Waals surface area contributed by atoms with E-state index in [4.69, 9.17) is 5.14 Å². The van der Waals surface area contributed by atoms with Gasteiger partial charge in [-0.25, -0.2) is 9.86 Å². The molecular formula is C11H19N5O3S2. The predicted octanol–water partition coefficient (Wildman–Crippen LogP) is -0.254. The SMILES string of the molecule is CCc1nnsc1C(=O)N1CCCC(CNS(N)(=O)=O)C1. The topological polar surface area (TPSA) is 118 Å². The lowest BCUT2D eigenvalue weighted by Crippen LogP contribution is -2.44. The second kappa shape index (κ2) is 6.77. The monoisotopic (exact) mass is 333 g/mol. The van der Waals surface area contributed by atoms with Crippen LogP contribution in [0.1, 0.15) is 35.1 Å². The van der Waals surface area contributed by atoms with Crippen LogP contribution < -0.4 is 9.86 Å². The molecule has 3 N–H and O–H groups in total. The van der Waals surface area contributed by atoms with Crippen LogP contribution in [0.15, 0.2) is 0 Å². The Bertz CT molecular complexity index is 601. The highest BCUT2D eigenvalue weighted by molar-refractivity contribution is 7.87. The van der Waals surface area contributed by atoms with E-state index in [-0.39, 0.29) is 18.4 Å². The Hall–Kier alpha value is -1.10. The Labute approximate surface area is 128 Å². The van der Waals surface area contributed by atoms with Gasteiger partial charge in [-0.15, -0.1) is 5.10 Å². The number of carbonyl (C=O) groups excluding carboxylic acids is 1. The summed E-state index contributed by atoms with van der Waals surface area (Å²) >= 11 is 1.11. The third-order valence-corrected chi connectivity index (χ3v) is 4.79. The summed E-state index contributed by atoms with van der Waals surface area (Å²) in [4.78, 5) is 14.8. The quantitative estimate of drug-likeness (QED) is 0.770. The molecule has 118 valence electrons. The normalized spacial score (nSPS) is 19.7. The van der Waals surface area contributed by atoms with Crippen molar-refractivity contribution < 1.29 is 13.2 Å². The van der Waals surface area contributed by atoms with E-state index < -0.39 is 10.2 Å². The lowest BCUT2D eigenvalue weighted by molar-refractivity contribution is 0.0680. The van der Waals surface area contributed by atoms with Gasteiger partial charge in [-0.2, -0.15) is 8.42 Å². The first-order chi connectivity index (χ1) is 9.90. The fourth-order valence-corrected chi connectivity index (χ4v) is 3.58. The Balaban J connectivity index is 1.99. The number of nitrogens with one attached hydrogen (secondary N) is 1. The molecule has 1 aromatic rings. The second-order valence-electron chi connectivity index (χ2n) is 5.06. The number of carbonyl (C=O) groups is 1. The summed E-state index contributed by atoms with van der Waals surface area (Å²) in [6, 6.07) is 0. The molecule has 2 rings (SSSR count). The molecule has 1 fully saturated rings. The number of rotatable bonds is 5. The number of nitrogens with two attached hydrogens (primary N) is 1. The summed E-state index contributed by atoms with van der Waals surface area (Å²) in [7, 11) is -3.69. The summed E-state index contributed by atoms with van der Waals surface area (Å²) in [6.45, 7) is 3.38. The van der Waals surface area contributed by atoms with Crippen LogP contribution in [0.25, 0.3) is 0 Å². The van der Waals surface area contributed by atoms with Gasteiger partial charge in [-0.1, -0.05) is 11.4 Å². The molecule has 21 heavy (non-hydrogen) atoms. The molecular weight excluding hydrogens is 314 g/mol. The number of aromatic nitrogens is 2. The zero-order valence-electron chi connectivity index (χ0n) is 11.8. The summed E-state index contributed by atoms with van der Waals surface area (Å²) in [5.74, 6) is 0.00846. The van der Waals surface area contributed by atoms with E-state index in [1.165, 1.54) is 0 Å². The van der Waals surface area contributed by atoms with Gasteiger partial charge in [0.2, 0.25) is 0 Å².